The Balaban J connectivity index is 2.51. The Morgan fingerprint density at radius 3 is 2.94 bits per heavy atom. The molecule has 0 radical (unpaired) electrons. The number of carboxylic acid groups (broad SMARTS) is 1. The minimum atomic E-state index is -0.906. The fourth-order valence-corrected chi connectivity index (χ4v) is 1.69. The SMILES string of the molecule is CCNCC(=O)N1CCOCC1CC(=O)O. The molecule has 0 saturated carbocycles. The Morgan fingerprint density at radius 1 is 1.56 bits per heavy atom. The lowest BCUT2D eigenvalue weighted by atomic mass is 10.1. The average molecular weight is 230 g/mol. The first kappa shape index (κ1) is 12.9. The van der Waals surface area contributed by atoms with Crippen LogP contribution in [0.2, 0.25) is 0 Å². The minimum absolute atomic E-state index is 0.0577. The second-order valence-electron chi connectivity index (χ2n) is 3.69. The Labute approximate surface area is 94.6 Å². The zero-order valence-electron chi connectivity index (χ0n) is 9.44. The van der Waals surface area contributed by atoms with Gasteiger partial charge in [-0.05, 0) is 6.54 Å². The molecule has 0 aromatic carbocycles. The fraction of sp³-hybridized carbons (Fsp3) is 0.800. The summed E-state index contributed by atoms with van der Waals surface area (Å²) in [4.78, 5) is 24.0. The Bertz CT molecular complexity index is 257. The lowest BCUT2D eigenvalue weighted by Gasteiger charge is -2.34. The highest BCUT2D eigenvalue weighted by molar-refractivity contribution is 5.79. The van der Waals surface area contributed by atoms with E-state index in [0.29, 0.717) is 19.8 Å². The van der Waals surface area contributed by atoms with Gasteiger partial charge in [0.25, 0.3) is 0 Å². The second-order valence-corrected chi connectivity index (χ2v) is 3.69. The Kier molecular flexibility index (Phi) is 5.21. The molecule has 0 bridgehead atoms. The number of hydrogen-bond acceptors (Lipinski definition) is 4. The van der Waals surface area contributed by atoms with Gasteiger partial charge in [0, 0.05) is 6.54 Å². The molecule has 92 valence electrons. The number of nitrogens with zero attached hydrogens (tertiary/aromatic N) is 1. The molecule has 1 unspecified atom stereocenters. The molecule has 1 heterocycles. The van der Waals surface area contributed by atoms with Crippen molar-refractivity contribution in [2.24, 2.45) is 0 Å². The van der Waals surface area contributed by atoms with Crippen molar-refractivity contribution in [1.82, 2.24) is 10.2 Å². The van der Waals surface area contributed by atoms with E-state index in [1.807, 2.05) is 6.92 Å². The number of morpholine rings is 1. The van der Waals surface area contributed by atoms with E-state index in [0.717, 1.165) is 6.54 Å². The summed E-state index contributed by atoms with van der Waals surface area (Å²) in [7, 11) is 0. The summed E-state index contributed by atoms with van der Waals surface area (Å²) >= 11 is 0. The first-order valence-corrected chi connectivity index (χ1v) is 5.45. The van der Waals surface area contributed by atoms with Crippen LogP contribution in [0.3, 0.4) is 0 Å². The van der Waals surface area contributed by atoms with Gasteiger partial charge >= 0.3 is 5.97 Å². The van der Waals surface area contributed by atoms with Gasteiger partial charge in [0.05, 0.1) is 32.2 Å². The number of carbonyl (C=O) groups is 2. The van der Waals surface area contributed by atoms with Crippen LogP contribution in [0.15, 0.2) is 0 Å². The number of aliphatic carboxylic acids is 1. The standard InChI is InChI=1S/C10H18N2O4/c1-2-11-6-9(13)12-3-4-16-7-8(12)5-10(14)15/h8,11H,2-7H2,1H3,(H,14,15). The summed E-state index contributed by atoms with van der Waals surface area (Å²) in [5.41, 5.74) is 0. The van der Waals surface area contributed by atoms with E-state index >= 15 is 0 Å². The molecule has 0 spiro atoms. The summed E-state index contributed by atoms with van der Waals surface area (Å²) < 4.78 is 5.19. The highest BCUT2D eigenvalue weighted by atomic mass is 16.5. The monoisotopic (exact) mass is 230 g/mol. The third-order valence-electron chi connectivity index (χ3n) is 2.48. The number of carboxylic acids is 1. The van der Waals surface area contributed by atoms with Gasteiger partial charge in [0.1, 0.15) is 0 Å². The average Bonchev–Trinajstić information content (AvgIpc) is 2.26. The van der Waals surface area contributed by atoms with Crippen molar-refractivity contribution in [3.63, 3.8) is 0 Å². The van der Waals surface area contributed by atoms with Gasteiger partial charge in [0.2, 0.25) is 5.91 Å². The van der Waals surface area contributed by atoms with E-state index in [1.165, 1.54) is 0 Å². The zero-order valence-corrected chi connectivity index (χ0v) is 9.44. The normalized spacial score (nSPS) is 20.8. The van der Waals surface area contributed by atoms with Gasteiger partial charge < -0.3 is 20.1 Å². The Hall–Kier alpha value is -1.14. The maximum Gasteiger partial charge on any atom is 0.305 e. The number of nitrogens with one attached hydrogen (secondary N) is 1. The molecule has 0 aliphatic carbocycles. The predicted molar refractivity (Wildman–Crippen MR) is 57.1 cm³/mol. The first-order valence-electron chi connectivity index (χ1n) is 5.45. The molecule has 16 heavy (non-hydrogen) atoms. The smallest absolute Gasteiger partial charge is 0.305 e. The summed E-state index contributed by atoms with van der Waals surface area (Å²) in [6, 6.07) is -0.336. The number of amides is 1. The maximum absolute atomic E-state index is 11.8. The first-order chi connectivity index (χ1) is 7.65. The van der Waals surface area contributed by atoms with Gasteiger partial charge in [-0.25, -0.2) is 0 Å². The van der Waals surface area contributed by atoms with Crippen LogP contribution in [0.5, 0.6) is 0 Å². The van der Waals surface area contributed by atoms with Crippen LogP contribution in [0, 0.1) is 0 Å². The van der Waals surface area contributed by atoms with Crippen molar-refractivity contribution in [2.45, 2.75) is 19.4 Å². The molecule has 6 nitrogen and oxygen atoms in total. The van der Waals surface area contributed by atoms with Gasteiger partial charge in [-0.3, -0.25) is 9.59 Å². The molecule has 0 aromatic heterocycles. The van der Waals surface area contributed by atoms with E-state index in [4.69, 9.17) is 9.84 Å². The molecule has 1 aliphatic rings. The molecule has 1 fully saturated rings. The lowest BCUT2D eigenvalue weighted by Crippen LogP contribution is -2.52. The largest absolute Gasteiger partial charge is 0.481 e. The summed E-state index contributed by atoms with van der Waals surface area (Å²) in [6.07, 6.45) is -0.0577. The summed E-state index contributed by atoms with van der Waals surface area (Å²) in [5, 5.41) is 11.7. The van der Waals surface area contributed by atoms with Crippen LogP contribution in [0.1, 0.15) is 13.3 Å². The third-order valence-corrected chi connectivity index (χ3v) is 2.48. The van der Waals surface area contributed by atoms with Crippen molar-refractivity contribution in [1.29, 1.82) is 0 Å². The van der Waals surface area contributed by atoms with Gasteiger partial charge in [-0.1, -0.05) is 6.92 Å². The summed E-state index contributed by atoms with van der Waals surface area (Å²) in [6.45, 7) is 4.16. The lowest BCUT2D eigenvalue weighted by molar-refractivity contribution is -0.145. The van der Waals surface area contributed by atoms with Crippen molar-refractivity contribution in [3.05, 3.63) is 0 Å². The predicted octanol–water partition coefficient (Wildman–Crippen LogP) is -0.702. The van der Waals surface area contributed by atoms with Crippen molar-refractivity contribution in [2.75, 3.05) is 32.8 Å². The molecule has 1 aliphatic heterocycles. The third kappa shape index (κ3) is 3.79. The van der Waals surface area contributed by atoms with E-state index in [-0.39, 0.29) is 24.9 Å². The van der Waals surface area contributed by atoms with E-state index in [9.17, 15) is 9.59 Å². The van der Waals surface area contributed by atoms with Crippen molar-refractivity contribution < 1.29 is 19.4 Å². The molecule has 2 N–H and O–H groups in total. The van der Waals surface area contributed by atoms with Crippen molar-refractivity contribution in [3.8, 4) is 0 Å². The number of carbonyl (C=O) groups excluding carboxylic acids is 1. The fourth-order valence-electron chi connectivity index (χ4n) is 1.69. The minimum Gasteiger partial charge on any atom is -0.481 e. The molecular formula is C10H18N2O4. The van der Waals surface area contributed by atoms with Crippen LogP contribution in [-0.4, -0.2) is 60.8 Å². The molecule has 6 heteroatoms. The Morgan fingerprint density at radius 2 is 2.31 bits per heavy atom. The van der Waals surface area contributed by atoms with E-state index in [1.54, 1.807) is 4.90 Å². The number of rotatable bonds is 5. The number of likely N-dealkylation sites (N-methyl/N-ethyl adjacent to an activating group) is 1. The molecule has 1 amide bonds. The van der Waals surface area contributed by atoms with E-state index < -0.39 is 5.97 Å². The highest BCUT2D eigenvalue weighted by Crippen LogP contribution is 2.10. The van der Waals surface area contributed by atoms with E-state index in [2.05, 4.69) is 5.32 Å². The van der Waals surface area contributed by atoms with Crippen molar-refractivity contribution >= 4 is 11.9 Å². The summed E-state index contributed by atoms with van der Waals surface area (Å²) in [5.74, 6) is -0.965. The highest BCUT2D eigenvalue weighted by Gasteiger charge is 2.28. The topological polar surface area (TPSA) is 78.9 Å². The number of hydrogen-bond donors (Lipinski definition) is 2. The molecule has 0 aromatic rings. The van der Waals surface area contributed by atoms with Gasteiger partial charge in [-0.15, -0.1) is 0 Å². The number of ether oxygens (including phenoxy) is 1. The second kappa shape index (κ2) is 6.44. The maximum atomic E-state index is 11.8. The molecule has 1 atom stereocenters. The molecular weight excluding hydrogens is 212 g/mol. The van der Waals surface area contributed by atoms with Crippen LogP contribution >= 0.6 is 0 Å². The van der Waals surface area contributed by atoms with Crippen LogP contribution < -0.4 is 5.32 Å². The molecule has 1 saturated heterocycles. The zero-order chi connectivity index (χ0) is 12.0. The quantitative estimate of drug-likeness (QED) is 0.653. The van der Waals surface area contributed by atoms with Gasteiger partial charge in [0.15, 0.2) is 0 Å². The van der Waals surface area contributed by atoms with Crippen LogP contribution in [0.4, 0.5) is 0 Å². The van der Waals surface area contributed by atoms with Crippen LogP contribution in [-0.2, 0) is 14.3 Å². The van der Waals surface area contributed by atoms with Crippen LogP contribution in [0.25, 0.3) is 0 Å². The molecule has 1 rings (SSSR count). The van der Waals surface area contributed by atoms with Gasteiger partial charge in [-0.2, -0.15) is 0 Å².